The number of hydrogen-bond donors (Lipinski definition) is 1. The number of carbonyl (C=O) groups excluding carboxylic acids is 1. The van der Waals surface area contributed by atoms with E-state index in [0.717, 1.165) is 0 Å². The molecule has 4 nitrogen and oxygen atoms in total. The van der Waals surface area contributed by atoms with Gasteiger partial charge in [0.15, 0.2) is 5.78 Å². The molecule has 1 N–H and O–H groups in total. The van der Waals surface area contributed by atoms with Crippen LogP contribution in [0.4, 0.5) is 8.78 Å². The van der Waals surface area contributed by atoms with Gasteiger partial charge >= 0.3 is 0 Å². The first-order valence-corrected chi connectivity index (χ1v) is 8.20. The Labute approximate surface area is 162 Å². The van der Waals surface area contributed by atoms with Crippen molar-refractivity contribution in [1.82, 2.24) is 9.97 Å². The fraction of sp³-hybridized carbons (Fsp3) is 0.214. The van der Waals surface area contributed by atoms with E-state index in [1.165, 1.54) is 26.2 Å². The molecule has 0 saturated heterocycles. The maximum absolute atomic E-state index is 12.8. The first-order chi connectivity index (χ1) is 10.3. The molecule has 121 valence electrons. The van der Waals surface area contributed by atoms with Gasteiger partial charge in [-0.25, -0.2) is 9.97 Å². The molecule has 0 bridgehead atoms. The summed E-state index contributed by atoms with van der Waals surface area (Å²) < 4.78 is 26.9. The van der Waals surface area contributed by atoms with E-state index < -0.39 is 18.0 Å². The van der Waals surface area contributed by atoms with Gasteiger partial charge in [-0.3, -0.25) is 4.79 Å². The molecule has 2 aromatic heterocycles. The van der Waals surface area contributed by atoms with Crippen LogP contribution in [0, 0.1) is 19.0 Å². The third-order valence-electron chi connectivity index (χ3n) is 2.51. The maximum Gasteiger partial charge on any atom is 0.224 e. The van der Waals surface area contributed by atoms with Gasteiger partial charge in [-0.2, -0.15) is 8.78 Å². The van der Waals surface area contributed by atoms with Gasteiger partial charge in [0, 0.05) is 33.5 Å². The van der Waals surface area contributed by atoms with E-state index >= 15 is 0 Å². The molecular weight excluding hydrogens is 531 g/mol. The molecule has 2 rings (SSSR count). The zero-order valence-corrected chi connectivity index (χ0v) is 16.5. The summed E-state index contributed by atoms with van der Waals surface area (Å²) in [6.07, 6.45) is 1.92. The molecule has 0 aliphatic rings. The Bertz CT molecular complexity index is 647. The summed E-state index contributed by atoms with van der Waals surface area (Å²) >= 11 is 3.86. The molecule has 0 spiro atoms. The number of carbonyl (C=O) groups is 1. The number of rotatable bonds is 2. The summed E-state index contributed by atoms with van der Waals surface area (Å²) in [4.78, 5) is 17.6. The number of Topliss-reactive ketones (excluding diaryl/α,β-unsaturated/α-hetero) is 1. The van der Waals surface area contributed by atoms with Crippen LogP contribution in [0.5, 0.6) is 0 Å². The molecular formula is C14H12BF2I2N2O2. The zero-order chi connectivity index (χ0) is 16.9. The van der Waals surface area contributed by atoms with Gasteiger partial charge in [0.25, 0.3) is 0 Å². The summed E-state index contributed by atoms with van der Waals surface area (Å²) in [5.41, 5.74) is 0.348. The molecule has 0 aliphatic carbocycles. The third kappa shape index (κ3) is 6.38. The van der Waals surface area contributed by atoms with Gasteiger partial charge in [0.05, 0.1) is 11.7 Å². The summed E-state index contributed by atoms with van der Waals surface area (Å²) in [5.74, 6) is -1.57. The van der Waals surface area contributed by atoms with Crippen LogP contribution in [0.25, 0.3) is 0 Å². The minimum Gasteiger partial charge on any atom is -0.388 e. The summed E-state index contributed by atoms with van der Waals surface area (Å²) in [6.45, 7) is 2.84. The number of hydrogen-bond acceptors (Lipinski definition) is 4. The lowest BCUT2D eigenvalue weighted by Crippen LogP contribution is -2.02. The lowest BCUT2D eigenvalue weighted by atomic mass is 10.2. The fourth-order valence-electron chi connectivity index (χ4n) is 1.53. The summed E-state index contributed by atoms with van der Waals surface area (Å²) in [5, 5.41) is 9.10. The lowest BCUT2D eigenvalue weighted by Gasteiger charge is -2.06. The van der Waals surface area contributed by atoms with Crippen LogP contribution in [-0.2, 0) is 0 Å². The first kappa shape index (κ1) is 22.3. The molecule has 9 heteroatoms. The smallest absolute Gasteiger partial charge is 0.224 e. The van der Waals surface area contributed by atoms with E-state index in [4.69, 9.17) is 5.11 Å². The molecule has 1 atom stereocenters. The van der Waals surface area contributed by atoms with Crippen molar-refractivity contribution in [1.29, 1.82) is 0 Å². The quantitative estimate of drug-likeness (QED) is 0.273. The second kappa shape index (κ2) is 10.2. The molecule has 0 fully saturated rings. The van der Waals surface area contributed by atoms with Crippen LogP contribution in [0.15, 0.2) is 24.5 Å². The Kier molecular flexibility index (Phi) is 9.93. The normalized spacial score (nSPS) is 10.9. The highest BCUT2D eigenvalue weighted by atomic mass is 127. The molecule has 3 radical (unpaired) electrons. The van der Waals surface area contributed by atoms with Crippen LogP contribution in [-0.4, -0.2) is 29.3 Å². The average molecular weight is 543 g/mol. The fourth-order valence-corrected chi connectivity index (χ4v) is 3.12. The van der Waals surface area contributed by atoms with E-state index in [9.17, 15) is 13.6 Å². The Morgan fingerprint density at radius 1 is 1.13 bits per heavy atom. The molecule has 2 aromatic rings. The SMILES string of the molecule is CC(=O)c1c(I)ccnc1F.CC(O)c1c(I)ccnc1F.[B]. The Balaban J connectivity index is 0.000000403. The zero-order valence-electron chi connectivity index (χ0n) is 12.2. The van der Waals surface area contributed by atoms with Crippen molar-refractivity contribution >= 4 is 59.4 Å². The number of aromatic nitrogens is 2. The summed E-state index contributed by atoms with van der Waals surface area (Å²) in [7, 11) is 0. The predicted octanol–water partition coefficient (Wildman–Crippen LogP) is 3.53. The molecule has 0 amide bonds. The van der Waals surface area contributed by atoms with Crippen LogP contribution in [0.1, 0.15) is 35.9 Å². The Morgan fingerprint density at radius 2 is 1.61 bits per heavy atom. The van der Waals surface area contributed by atoms with Crippen molar-refractivity contribution in [2.24, 2.45) is 0 Å². The minimum atomic E-state index is -0.796. The lowest BCUT2D eigenvalue weighted by molar-refractivity contribution is 0.101. The standard InChI is InChI=1S/C7H7FINO.C7H5FINO.B/c2*1-4(11)6-5(9)2-3-10-7(6)8;/h2-4,11H,1H3;2-3H,1H3;. The first-order valence-electron chi connectivity index (χ1n) is 6.04. The summed E-state index contributed by atoms with van der Waals surface area (Å²) in [6, 6.07) is 3.26. The molecule has 1 unspecified atom stereocenters. The van der Waals surface area contributed by atoms with Crippen molar-refractivity contribution in [3.05, 3.63) is 54.7 Å². The van der Waals surface area contributed by atoms with E-state index in [1.54, 1.807) is 12.1 Å². The van der Waals surface area contributed by atoms with Gasteiger partial charge in [-0.1, -0.05) is 0 Å². The monoisotopic (exact) mass is 543 g/mol. The van der Waals surface area contributed by atoms with E-state index in [2.05, 4.69) is 9.97 Å². The highest BCUT2D eigenvalue weighted by Crippen LogP contribution is 2.20. The third-order valence-corrected chi connectivity index (χ3v) is 4.35. The molecule has 0 saturated carbocycles. The number of aliphatic hydroxyl groups is 1. The van der Waals surface area contributed by atoms with Gasteiger partial charge in [-0.15, -0.1) is 0 Å². The van der Waals surface area contributed by atoms with Gasteiger partial charge in [0.2, 0.25) is 11.9 Å². The highest BCUT2D eigenvalue weighted by Gasteiger charge is 2.12. The van der Waals surface area contributed by atoms with Crippen LogP contribution in [0.2, 0.25) is 0 Å². The van der Waals surface area contributed by atoms with E-state index in [-0.39, 0.29) is 25.3 Å². The molecule has 0 aromatic carbocycles. The largest absolute Gasteiger partial charge is 0.388 e. The van der Waals surface area contributed by atoms with Gasteiger partial charge in [-0.05, 0) is 71.2 Å². The van der Waals surface area contributed by atoms with Gasteiger partial charge in [0.1, 0.15) is 0 Å². The minimum absolute atomic E-state index is 0. The van der Waals surface area contributed by atoms with Crippen molar-refractivity contribution in [2.45, 2.75) is 20.0 Å². The topological polar surface area (TPSA) is 63.1 Å². The number of ketones is 1. The van der Waals surface area contributed by atoms with Gasteiger partial charge < -0.3 is 5.11 Å². The van der Waals surface area contributed by atoms with Crippen LogP contribution < -0.4 is 0 Å². The van der Waals surface area contributed by atoms with E-state index in [1.807, 2.05) is 45.2 Å². The molecule has 23 heavy (non-hydrogen) atoms. The predicted molar refractivity (Wildman–Crippen MR) is 100 cm³/mol. The van der Waals surface area contributed by atoms with Crippen LogP contribution in [0.3, 0.4) is 0 Å². The second-order valence-corrected chi connectivity index (χ2v) is 6.51. The van der Waals surface area contributed by atoms with Crippen molar-refractivity contribution < 1.29 is 18.7 Å². The van der Waals surface area contributed by atoms with Crippen LogP contribution >= 0.6 is 45.2 Å². The maximum atomic E-state index is 12.8. The van der Waals surface area contributed by atoms with Crippen molar-refractivity contribution in [2.75, 3.05) is 0 Å². The average Bonchev–Trinajstić information content (AvgIpc) is 2.38. The number of aliphatic hydroxyl groups excluding tert-OH is 1. The van der Waals surface area contributed by atoms with E-state index in [0.29, 0.717) is 7.14 Å². The van der Waals surface area contributed by atoms with Crippen molar-refractivity contribution in [3.8, 4) is 0 Å². The Hall–Kier alpha value is -0.685. The number of halogens is 4. The highest BCUT2D eigenvalue weighted by molar-refractivity contribution is 14.1. The number of nitrogens with zero attached hydrogens (tertiary/aromatic N) is 2. The second-order valence-electron chi connectivity index (χ2n) is 4.19. The molecule has 2 heterocycles. The molecule has 0 aliphatic heterocycles. The number of pyridine rings is 2. The van der Waals surface area contributed by atoms with Crippen molar-refractivity contribution in [3.63, 3.8) is 0 Å². The Morgan fingerprint density at radius 3 is 1.91 bits per heavy atom.